The predicted octanol–water partition coefficient (Wildman–Crippen LogP) is 1.41. The van der Waals surface area contributed by atoms with E-state index in [1.165, 1.54) is 13.2 Å². The Labute approximate surface area is 118 Å². The summed E-state index contributed by atoms with van der Waals surface area (Å²) in [6, 6.07) is 3.32. The fraction of sp³-hybridized carbons (Fsp3) is 0.167. The Bertz CT molecular complexity index is 766. The molecule has 102 valence electrons. The van der Waals surface area contributed by atoms with E-state index in [1.54, 1.807) is 21.5 Å². The van der Waals surface area contributed by atoms with Crippen molar-refractivity contribution >= 4 is 23.2 Å². The molecule has 0 amide bonds. The van der Waals surface area contributed by atoms with Crippen LogP contribution in [0.25, 0.3) is 5.65 Å². The summed E-state index contributed by atoms with van der Waals surface area (Å²) in [5.74, 6) is 0.156. The average molecular weight is 292 g/mol. The number of rotatable bonds is 3. The number of nitrogens with zero attached hydrogens (tertiary/aromatic N) is 5. The summed E-state index contributed by atoms with van der Waals surface area (Å²) >= 11 is 6.10. The highest BCUT2D eigenvalue weighted by Crippen LogP contribution is 2.19. The van der Waals surface area contributed by atoms with Crippen LogP contribution in [0, 0.1) is 0 Å². The number of pyridine rings is 1. The summed E-state index contributed by atoms with van der Waals surface area (Å²) in [7, 11) is 1.32. The molecule has 0 unspecified atom stereocenters. The van der Waals surface area contributed by atoms with E-state index >= 15 is 0 Å². The van der Waals surface area contributed by atoms with E-state index in [0.29, 0.717) is 28.6 Å². The molecule has 0 fully saturated rings. The van der Waals surface area contributed by atoms with Gasteiger partial charge in [-0.1, -0.05) is 11.6 Å². The van der Waals surface area contributed by atoms with Crippen molar-refractivity contribution in [2.45, 2.75) is 6.54 Å². The first kappa shape index (κ1) is 12.6. The number of hydrogen-bond donors (Lipinski definition) is 0. The zero-order valence-electron chi connectivity index (χ0n) is 10.5. The highest BCUT2D eigenvalue weighted by Gasteiger charge is 2.14. The molecule has 0 aliphatic heterocycles. The molecule has 20 heavy (non-hydrogen) atoms. The Morgan fingerprint density at radius 3 is 3.00 bits per heavy atom. The largest absolute Gasteiger partial charge is 0.465 e. The lowest BCUT2D eigenvalue weighted by Gasteiger charge is -2.04. The van der Waals surface area contributed by atoms with Crippen molar-refractivity contribution in [1.82, 2.24) is 24.4 Å². The zero-order valence-corrected chi connectivity index (χ0v) is 11.3. The van der Waals surface area contributed by atoms with Gasteiger partial charge in [0.05, 0.1) is 17.7 Å². The first-order valence-corrected chi connectivity index (χ1v) is 6.15. The predicted molar refractivity (Wildman–Crippen MR) is 70.7 cm³/mol. The van der Waals surface area contributed by atoms with Crippen molar-refractivity contribution in [3.63, 3.8) is 0 Å². The van der Waals surface area contributed by atoms with Gasteiger partial charge in [-0.25, -0.2) is 4.79 Å². The summed E-state index contributed by atoms with van der Waals surface area (Å²) in [4.78, 5) is 11.6. The van der Waals surface area contributed by atoms with Gasteiger partial charge in [-0.05, 0) is 12.1 Å². The minimum Gasteiger partial charge on any atom is -0.465 e. The van der Waals surface area contributed by atoms with Crippen LogP contribution in [-0.4, -0.2) is 37.5 Å². The maximum absolute atomic E-state index is 11.6. The Morgan fingerprint density at radius 2 is 2.30 bits per heavy atom. The van der Waals surface area contributed by atoms with Crippen LogP contribution in [-0.2, 0) is 11.3 Å². The van der Waals surface area contributed by atoms with Gasteiger partial charge in [-0.3, -0.25) is 9.08 Å². The molecule has 3 heterocycles. The number of hydrogen-bond acceptors (Lipinski definition) is 5. The molecular weight excluding hydrogens is 282 g/mol. The molecular formula is C12H10ClN5O2. The van der Waals surface area contributed by atoms with Gasteiger partial charge in [0.15, 0.2) is 11.5 Å². The van der Waals surface area contributed by atoms with E-state index in [1.807, 2.05) is 12.3 Å². The summed E-state index contributed by atoms with van der Waals surface area (Å²) in [5.41, 5.74) is 0.827. The highest BCUT2D eigenvalue weighted by molar-refractivity contribution is 6.33. The number of carbonyl (C=O) groups excluding carboxylic acids is 1. The second-order valence-corrected chi connectivity index (χ2v) is 4.49. The first-order chi connectivity index (χ1) is 9.69. The van der Waals surface area contributed by atoms with E-state index in [-0.39, 0.29) is 0 Å². The lowest BCUT2D eigenvalue weighted by Crippen LogP contribution is -2.07. The number of methoxy groups -OCH3 is 1. The molecule has 0 saturated heterocycles. The molecule has 0 aromatic carbocycles. The van der Waals surface area contributed by atoms with E-state index in [4.69, 9.17) is 16.3 Å². The fourth-order valence-corrected chi connectivity index (χ4v) is 2.12. The molecule has 0 aliphatic rings. The third-order valence-electron chi connectivity index (χ3n) is 2.81. The van der Waals surface area contributed by atoms with Crippen LogP contribution in [0.15, 0.2) is 30.7 Å². The van der Waals surface area contributed by atoms with Crippen molar-refractivity contribution in [2.75, 3.05) is 7.11 Å². The maximum atomic E-state index is 11.6. The highest BCUT2D eigenvalue weighted by atomic mass is 35.5. The maximum Gasteiger partial charge on any atom is 0.339 e. The summed E-state index contributed by atoms with van der Waals surface area (Å²) in [6.07, 6.45) is 5.09. The molecule has 3 aromatic heterocycles. The van der Waals surface area contributed by atoms with Crippen LogP contribution in [0.5, 0.6) is 0 Å². The minimum atomic E-state index is -0.465. The third kappa shape index (κ3) is 2.12. The van der Waals surface area contributed by atoms with E-state index < -0.39 is 5.97 Å². The van der Waals surface area contributed by atoms with Gasteiger partial charge >= 0.3 is 5.97 Å². The van der Waals surface area contributed by atoms with Crippen molar-refractivity contribution in [3.8, 4) is 0 Å². The summed E-state index contributed by atoms with van der Waals surface area (Å²) in [5, 5.41) is 12.5. The average Bonchev–Trinajstić information content (AvgIpc) is 3.09. The van der Waals surface area contributed by atoms with Crippen LogP contribution in [0.2, 0.25) is 5.02 Å². The fourth-order valence-electron chi connectivity index (χ4n) is 1.88. The van der Waals surface area contributed by atoms with Crippen LogP contribution in [0.4, 0.5) is 0 Å². The van der Waals surface area contributed by atoms with Gasteiger partial charge in [-0.2, -0.15) is 5.10 Å². The third-order valence-corrected chi connectivity index (χ3v) is 3.09. The van der Waals surface area contributed by atoms with Gasteiger partial charge in [0.2, 0.25) is 0 Å². The van der Waals surface area contributed by atoms with Crippen LogP contribution in [0.3, 0.4) is 0 Å². The number of fused-ring (bicyclic) bond motifs is 1. The molecule has 3 rings (SSSR count). The van der Waals surface area contributed by atoms with Crippen LogP contribution in [0.1, 0.15) is 16.2 Å². The number of esters is 1. The van der Waals surface area contributed by atoms with Crippen LogP contribution < -0.4 is 0 Å². The Kier molecular flexibility index (Phi) is 3.11. The Morgan fingerprint density at radius 1 is 1.45 bits per heavy atom. The van der Waals surface area contributed by atoms with Crippen molar-refractivity contribution < 1.29 is 9.53 Å². The Hall–Kier alpha value is -2.41. The smallest absolute Gasteiger partial charge is 0.339 e. The van der Waals surface area contributed by atoms with E-state index in [9.17, 15) is 4.79 Å². The zero-order chi connectivity index (χ0) is 14.1. The van der Waals surface area contributed by atoms with E-state index in [2.05, 4.69) is 15.3 Å². The van der Waals surface area contributed by atoms with Crippen LogP contribution >= 0.6 is 11.6 Å². The van der Waals surface area contributed by atoms with Crippen molar-refractivity contribution in [1.29, 1.82) is 0 Å². The second kappa shape index (κ2) is 4.93. The van der Waals surface area contributed by atoms with Gasteiger partial charge in [-0.15, -0.1) is 10.2 Å². The number of carbonyl (C=O) groups is 1. The molecule has 7 nitrogen and oxygen atoms in total. The summed E-state index contributed by atoms with van der Waals surface area (Å²) < 4.78 is 8.06. The molecule has 0 atom stereocenters. The molecule has 0 aliphatic carbocycles. The number of halogens is 1. The molecule has 8 heteroatoms. The molecule has 0 spiro atoms. The van der Waals surface area contributed by atoms with Crippen molar-refractivity contribution in [3.05, 3.63) is 47.1 Å². The standard InChI is InChI=1S/C12H10ClN5O2/c1-20-12(19)8-5-9(13)11-16-15-10(18(11)6-8)7-17-4-2-3-14-17/h2-6H,7H2,1H3. The molecule has 0 N–H and O–H groups in total. The number of ether oxygens (including phenoxy) is 1. The SMILES string of the molecule is COC(=O)c1cc(Cl)c2nnc(Cn3cccn3)n2c1. The lowest BCUT2D eigenvalue weighted by molar-refractivity contribution is 0.0600. The molecule has 3 aromatic rings. The quantitative estimate of drug-likeness (QED) is 0.682. The lowest BCUT2D eigenvalue weighted by atomic mass is 10.3. The van der Waals surface area contributed by atoms with Gasteiger partial charge < -0.3 is 4.74 Å². The molecule has 0 saturated carbocycles. The van der Waals surface area contributed by atoms with Crippen molar-refractivity contribution in [2.24, 2.45) is 0 Å². The van der Waals surface area contributed by atoms with Gasteiger partial charge in [0.25, 0.3) is 0 Å². The normalized spacial score (nSPS) is 10.9. The van der Waals surface area contributed by atoms with E-state index in [0.717, 1.165) is 0 Å². The van der Waals surface area contributed by atoms with Gasteiger partial charge in [0.1, 0.15) is 6.54 Å². The topological polar surface area (TPSA) is 74.3 Å². The minimum absolute atomic E-state index is 0.339. The Balaban J connectivity index is 2.09. The molecule has 0 radical (unpaired) electrons. The second-order valence-electron chi connectivity index (χ2n) is 4.08. The summed E-state index contributed by atoms with van der Waals surface area (Å²) in [6.45, 7) is 0.426. The first-order valence-electron chi connectivity index (χ1n) is 5.78. The molecule has 0 bridgehead atoms. The van der Waals surface area contributed by atoms with Gasteiger partial charge in [0, 0.05) is 18.6 Å². The number of aromatic nitrogens is 5. The monoisotopic (exact) mass is 291 g/mol.